The zero-order valence-electron chi connectivity index (χ0n) is 16.7. The fraction of sp³-hybridized carbons (Fsp3) is 0.300. The van der Waals surface area contributed by atoms with Gasteiger partial charge in [-0.25, -0.2) is 9.59 Å². The Bertz CT molecular complexity index is 911. The number of esters is 2. The smallest absolute Gasteiger partial charge is 0.338 e. The van der Waals surface area contributed by atoms with E-state index in [-0.39, 0.29) is 11.1 Å². The van der Waals surface area contributed by atoms with Gasteiger partial charge >= 0.3 is 11.9 Å². The summed E-state index contributed by atoms with van der Waals surface area (Å²) in [5, 5.41) is 27.6. The van der Waals surface area contributed by atoms with Crippen LogP contribution in [0.1, 0.15) is 20.7 Å². The minimum Gasteiger partial charge on any atom is -0.462 e. The normalized spacial score (nSPS) is 13.9. The van der Waals surface area contributed by atoms with Gasteiger partial charge in [0.15, 0.2) is 0 Å². The van der Waals surface area contributed by atoms with Gasteiger partial charge in [0.1, 0.15) is 25.3 Å². The van der Waals surface area contributed by atoms with Crippen molar-refractivity contribution in [2.24, 2.45) is 10.2 Å². The van der Waals surface area contributed by atoms with E-state index in [0.717, 1.165) is 0 Å². The largest absolute Gasteiger partial charge is 0.462 e. The van der Waals surface area contributed by atoms with Gasteiger partial charge in [-0.05, 0) is 35.3 Å². The molecule has 12 nitrogen and oxygen atoms in total. The fourth-order valence-corrected chi connectivity index (χ4v) is 2.63. The molecule has 0 radical (unpaired) electrons. The maximum atomic E-state index is 12.1. The van der Waals surface area contributed by atoms with Gasteiger partial charge in [-0.1, -0.05) is 46.6 Å². The topological polar surface area (TPSA) is 191 Å². The number of carbonyl (C=O) groups excluding carboxylic acids is 2. The van der Waals surface area contributed by atoms with Crippen LogP contribution in [0.3, 0.4) is 0 Å². The summed E-state index contributed by atoms with van der Waals surface area (Å²) >= 11 is 0. The number of aliphatic hydroxyl groups excluding tert-OH is 2. The summed E-state index contributed by atoms with van der Waals surface area (Å²) in [6, 6.07) is 13.2. The molecule has 0 heterocycles. The third-order valence-electron chi connectivity index (χ3n) is 4.33. The minimum absolute atomic E-state index is 0.238. The van der Waals surface area contributed by atoms with Crippen molar-refractivity contribution in [1.82, 2.24) is 0 Å². The van der Waals surface area contributed by atoms with Crippen molar-refractivity contribution in [1.29, 1.82) is 0 Å². The van der Waals surface area contributed by atoms with Crippen molar-refractivity contribution in [3.8, 4) is 0 Å². The van der Waals surface area contributed by atoms with Gasteiger partial charge in [0.05, 0.1) is 23.3 Å². The average molecular weight is 440 g/mol. The molecule has 4 atom stereocenters. The molecule has 2 aromatic rings. The second-order valence-electron chi connectivity index (χ2n) is 6.45. The Morgan fingerprint density at radius 3 is 1.41 bits per heavy atom. The maximum Gasteiger partial charge on any atom is 0.338 e. The molecule has 0 fully saturated rings. The van der Waals surface area contributed by atoms with Crippen LogP contribution < -0.4 is 0 Å². The van der Waals surface area contributed by atoms with Crippen LogP contribution in [0, 0.1) is 0 Å². The third kappa shape index (κ3) is 7.01. The number of hydrogen-bond donors (Lipinski definition) is 2. The first-order chi connectivity index (χ1) is 15.5. The van der Waals surface area contributed by atoms with Gasteiger partial charge in [0, 0.05) is 9.82 Å². The van der Waals surface area contributed by atoms with Crippen molar-refractivity contribution in [3.63, 3.8) is 0 Å². The zero-order valence-corrected chi connectivity index (χ0v) is 16.7. The van der Waals surface area contributed by atoms with Gasteiger partial charge < -0.3 is 19.7 Å². The minimum atomic E-state index is -1.79. The van der Waals surface area contributed by atoms with Crippen LogP contribution in [-0.4, -0.2) is 59.7 Å². The van der Waals surface area contributed by atoms with Crippen LogP contribution in [-0.2, 0) is 9.47 Å². The highest BCUT2D eigenvalue weighted by molar-refractivity contribution is 5.89. The van der Waals surface area contributed by atoms with Gasteiger partial charge in [-0.15, -0.1) is 0 Å². The molecule has 0 bridgehead atoms. The monoisotopic (exact) mass is 440 g/mol. The highest BCUT2D eigenvalue weighted by Gasteiger charge is 2.33. The van der Waals surface area contributed by atoms with Crippen molar-refractivity contribution in [2.75, 3.05) is 13.2 Å². The number of carbonyl (C=O) groups is 2. The predicted octanol–water partition coefficient (Wildman–Crippen LogP) is 2.78. The summed E-state index contributed by atoms with van der Waals surface area (Å²) in [6.07, 6.45) is -3.58. The van der Waals surface area contributed by atoms with Crippen LogP contribution >= 0.6 is 0 Å². The molecule has 2 aromatic carbocycles. The maximum absolute atomic E-state index is 12.1. The summed E-state index contributed by atoms with van der Waals surface area (Å²) in [5.41, 5.74) is 18.0. The molecule has 12 heteroatoms. The molecule has 0 aliphatic heterocycles. The molecule has 0 aromatic heterocycles. The van der Waals surface area contributed by atoms with Crippen LogP contribution in [0.4, 0.5) is 0 Å². The molecular weight excluding hydrogens is 420 g/mol. The standard InChI is InChI=1S/C20H20N6O6/c21-25-23-15(11-31-19(29)13-7-3-1-4-8-13)17(27)18(28)16(24-26-22)12-32-20(30)14-9-5-2-6-10-14/h1-10,15-18,27-28H,11-12H2. The summed E-state index contributed by atoms with van der Waals surface area (Å²) in [7, 11) is 0. The number of ether oxygens (including phenoxy) is 2. The number of aliphatic hydroxyl groups is 2. The number of azide groups is 2. The highest BCUT2D eigenvalue weighted by atomic mass is 16.5. The Hall–Kier alpha value is -4.08. The summed E-state index contributed by atoms with van der Waals surface area (Å²) in [6.45, 7) is -1.11. The van der Waals surface area contributed by atoms with E-state index in [1.807, 2.05) is 0 Å². The van der Waals surface area contributed by atoms with Crippen LogP contribution in [0.15, 0.2) is 70.9 Å². The van der Waals surface area contributed by atoms with Crippen LogP contribution in [0.25, 0.3) is 20.9 Å². The molecule has 2 N–H and O–H groups in total. The van der Waals surface area contributed by atoms with Crippen molar-refractivity contribution < 1.29 is 29.3 Å². The molecule has 0 amide bonds. The molecule has 0 saturated carbocycles. The van der Waals surface area contributed by atoms with E-state index < -0.39 is 49.4 Å². The molecule has 0 saturated heterocycles. The first-order valence-corrected chi connectivity index (χ1v) is 9.36. The Labute approximate surface area is 182 Å². The Balaban J connectivity index is 2.03. The second kappa shape index (κ2) is 12.6. The molecule has 166 valence electrons. The zero-order chi connectivity index (χ0) is 23.3. The summed E-state index contributed by atoms with van der Waals surface area (Å²) in [4.78, 5) is 29.3. The van der Waals surface area contributed by atoms with E-state index in [4.69, 9.17) is 20.5 Å². The van der Waals surface area contributed by atoms with Gasteiger partial charge in [0.25, 0.3) is 0 Å². The lowest BCUT2D eigenvalue weighted by atomic mass is 10.0. The Kier molecular flexibility index (Phi) is 9.51. The number of hydrogen-bond acceptors (Lipinski definition) is 8. The van der Waals surface area contributed by atoms with Crippen LogP contribution in [0.2, 0.25) is 0 Å². The lowest BCUT2D eigenvalue weighted by Crippen LogP contribution is -2.46. The van der Waals surface area contributed by atoms with E-state index in [1.54, 1.807) is 36.4 Å². The number of nitrogens with zero attached hydrogens (tertiary/aromatic N) is 6. The fourth-order valence-electron chi connectivity index (χ4n) is 2.63. The first kappa shape index (κ1) is 24.2. The molecule has 2 rings (SSSR count). The quantitative estimate of drug-likeness (QED) is 0.233. The summed E-state index contributed by atoms with van der Waals surface area (Å²) < 4.78 is 10.1. The first-order valence-electron chi connectivity index (χ1n) is 9.36. The molecule has 0 aliphatic rings. The predicted molar refractivity (Wildman–Crippen MR) is 111 cm³/mol. The van der Waals surface area contributed by atoms with Gasteiger partial charge in [0.2, 0.25) is 0 Å². The Morgan fingerprint density at radius 2 is 1.09 bits per heavy atom. The molecule has 32 heavy (non-hydrogen) atoms. The second-order valence-corrected chi connectivity index (χ2v) is 6.45. The SMILES string of the molecule is [N-]=[N+]=NC(COC(=O)c1ccccc1)C(O)C(O)C(COC(=O)c1ccccc1)N=[N+]=[N-]. The van der Waals surface area contributed by atoms with E-state index in [9.17, 15) is 19.8 Å². The van der Waals surface area contributed by atoms with Crippen molar-refractivity contribution in [2.45, 2.75) is 24.3 Å². The van der Waals surface area contributed by atoms with Crippen LogP contribution in [0.5, 0.6) is 0 Å². The van der Waals surface area contributed by atoms with Gasteiger partial charge in [-0.3, -0.25) is 0 Å². The molecule has 4 unspecified atom stereocenters. The van der Waals surface area contributed by atoms with Crippen molar-refractivity contribution in [3.05, 3.63) is 92.7 Å². The number of rotatable bonds is 11. The number of benzene rings is 2. The Morgan fingerprint density at radius 1 is 0.750 bits per heavy atom. The van der Waals surface area contributed by atoms with Gasteiger partial charge in [-0.2, -0.15) is 0 Å². The summed E-state index contributed by atoms with van der Waals surface area (Å²) in [5.74, 6) is -1.46. The highest BCUT2D eigenvalue weighted by Crippen LogP contribution is 2.14. The lowest BCUT2D eigenvalue weighted by molar-refractivity contribution is -0.0352. The third-order valence-corrected chi connectivity index (χ3v) is 4.33. The molecule has 0 aliphatic carbocycles. The van der Waals surface area contributed by atoms with E-state index in [1.165, 1.54) is 24.3 Å². The molecular formula is C20H20N6O6. The van der Waals surface area contributed by atoms with E-state index in [2.05, 4.69) is 20.1 Å². The molecule has 0 spiro atoms. The lowest BCUT2D eigenvalue weighted by Gasteiger charge is -2.27. The van der Waals surface area contributed by atoms with E-state index >= 15 is 0 Å². The average Bonchev–Trinajstić information content (AvgIpc) is 2.84. The van der Waals surface area contributed by atoms with E-state index in [0.29, 0.717) is 0 Å². The van der Waals surface area contributed by atoms with Crippen molar-refractivity contribution >= 4 is 11.9 Å².